The van der Waals surface area contributed by atoms with Gasteiger partial charge >= 0.3 is 0 Å². The van der Waals surface area contributed by atoms with Crippen molar-refractivity contribution in [1.29, 1.82) is 0 Å². The molecule has 0 aromatic heterocycles. The number of alkyl halides is 1. The highest BCUT2D eigenvalue weighted by molar-refractivity contribution is 9.09. The fourth-order valence-corrected chi connectivity index (χ4v) is 1.98. The molecule has 0 fully saturated rings. The van der Waals surface area contributed by atoms with Gasteiger partial charge in [0.05, 0.1) is 0 Å². The lowest BCUT2D eigenvalue weighted by molar-refractivity contribution is 0.715. The van der Waals surface area contributed by atoms with Gasteiger partial charge in [0.15, 0.2) is 0 Å². The van der Waals surface area contributed by atoms with Crippen molar-refractivity contribution in [2.45, 2.75) is 4.57 Å². The predicted molar refractivity (Wildman–Crippen MR) is 55.4 cm³/mol. The van der Waals surface area contributed by atoms with Crippen molar-refractivity contribution in [2.24, 2.45) is 15.2 Å². The van der Waals surface area contributed by atoms with Crippen LogP contribution in [0.15, 0.2) is 39.5 Å². The second kappa shape index (κ2) is 3.20. The Morgan fingerprint density at radius 1 is 1.31 bits per heavy atom. The van der Waals surface area contributed by atoms with Gasteiger partial charge < -0.3 is 0 Å². The zero-order chi connectivity index (χ0) is 9.31. The molecule has 3 nitrogen and oxygen atoms in total. The number of hydrogen-bond acceptors (Lipinski definition) is 3. The summed E-state index contributed by atoms with van der Waals surface area (Å²) in [5, 5.41) is 8.24. The van der Waals surface area contributed by atoms with Gasteiger partial charge in [0.1, 0.15) is 6.34 Å². The summed E-state index contributed by atoms with van der Waals surface area (Å²) in [6, 6.07) is 7.40. The molecule has 1 aliphatic heterocycles. The number of azo groups is 1. The van der Waals surface area contributed by atoms with Gasteiger partial charge in [-0.15, -0.1) is 10.2 Å². The fourth-order valence-electron chi connectivity index (χ4n) is 1.07. The van der Waals surface area contributed by atoms with Crippen LogP contribution in [0.1, 0.15) is 5.56 Å². The average Bonchev–Trinajstić information content (AvgIpc) is 2.54. The van der Waals surface area contributed by atoms with Crippen LogP contribution in [0.2, 0.25) is 5.02 Å². The van der Waals surface area contributed by atoms with Gasteiger partial charge in [-0.1, -0.05) is 29.8 Å². The van der Waals surface area contributed by atoms with E-state index in [4.69, 9.17) is 11.6 Å². The molecule has 0 aliphatic carbocycles. The highest BCUT2D eigenvalue weighted by Crippen LogP contribution is 2.40. The van der Waals surface area contributed by atoms with Crippen molar-refractivity contribution in [3.8, 4) is 0 Å². The Morgan fingerprint density at radius 3 is 2.69 bits per heavy atom. The number of rotatable bonds is 1. The Hall–Kier alpha value is -0.740. The molecule has 1 unspecified atom stereocenters. The zero-order valence-electron chi connectivity index (χ0n) is 6.48. The highest BCUT2D eigenvalue weighted by atomic mass is 79.9. The summed E-state index contributed by atoms with van der Waals surface area (Å²) in [7, 11) is 0. The van der Waals surface area contributed by atoms with Crippen LogP contribution in [-0.4, -0.2) is 6.34 Å². The number of hydrogen-bond donors (Lipinski definition) is 0. The second-order valence-electron chi connectivity index (χ2n) is 2.53. The summed E-state index contributed by atoms with van der Waals surface area (Å²) in [6.07, 6.45) is 1.40. The number of halogens is 2. The fraction of sp³-hybridized carbons (Fsp3) is 0.125. The molecule has 0 saturated carbocycles. The molecule has 1 aliphatic rings. The minimum atomic E-state index is -0.814. The Morgan fingerprint density at radius 2 is 2.08 bits per heavy atom. The molecule has 13 heavy (non-hydrogen) atoms. The van der Waals surface area contributed by atoms with Crippen molar-refractivity contribution in [2.75, 3.05) is 0 Å². The summed E-state index contributed by atoms with van der Waals surface area (Å²) < 4.78 is -0.814. The number of benzene rings is 1. The minimum absolute atomic E-state index is 0.623. The molecule has 1 heterocycles. The lowest BCUT2D eigenvalue weighted by Gasteiger charge is -2.14. The molecule has 0 amide bonds. The van der Waals surface area contributed by atoms with E-state index in [-0.39, 0.29) is 0 Å². The smallest absolute Gasteiger partial charge is 0.225 e. The van der Waals surface area contributed by atoms with Gasteiger partial charge in [-0.3, -0.25) is 0 Å². The van der Waals surface area contributed by atoms with Gasteiger partial charge in [-0.2, -0.15) is 0 Å². The van der Waals surface area contributed by atoms with E-state index < -0.39 is 4.57 Å². The standard InChI is InChI=1S/C8H5BrClN3/c9-8(11-5-12-13-8)6-3-1-2-4-7(6)10/h1-5H. The van der Waals surface area contributed by atoms with Gasteiger partial charge in [-0.25, -0.2) is 4.99 Å². The van der Waals surface area contributed by atoms with Crippen molar-refractivity contribution >= 4 is 33.9 Å². The van der Waals surface area contributed by atoms with Crippen LogP contribution in [0.5, 0.6) is 0 Å². The molecule has 1 aromatic rings. The summed E-state index contributed by atoms with van der Waals surface area (Å²) in [5.74, 6) is 0. The van der Waals surface area contributed by atoms with E-state index in [1.165, 1.54) is 6.34 Å². The number of nitrogens with zero attached hydrogens (tertiary/aromatic N) is 3. The first-order chi connectivity index (χ1) is 6.22. The van der Waals surface area contributed by atoms with E-state index in [0.717, 1.165) is 5.56 Å². The first kappa shape index (κ1) is 8.84. The molecule has 0 radical (unpaired) electrons. The minimum Gasteiger partial charge on any atom is -0.225 e. The van der Waals surface area contributed by atoms with Crippen LogP contribution in [-0.2, 0) is 4.57 Å². The normalized spacial score (nSPS) is 25.4. The van der Waals surface area contributed by atoms with Crippen molar-refractivity contribution < 1.29 is 0 Å². The molecule has 0 saturated heterocycles. The van der Waals surface area contributed by atoms with E-state index in [2.05, 4.69) is 31.2 Å². The van der Waals surface area contributed by atoms with E-state index in [9.17, 15) is 0 Å². The molecule has 0 spiro atoms. The maximum absolute atomic E-state index is 5.99. The van der Waals surface area contributed by atoms with Crippen LogP contribution in [0.4, 0.5) is 0 Å². The third-order valence-electron chi connectivity index (χ3n) is 1.69. The van der Waals surface area contributed by atoms with Gasteiger partial charge in [0.25, 0.3) is 4.57 Å². The molecule has 0 N–H and O–H groups in total. The zero-order valence-corrected chi connectivity index (χ0v) is 8.83. The third-order valence-corrected chi connectivity index (χ3v) is 2.81. The Labute approximate surface area is 88.7 Å². The largest absolute Gasteiger partial charge is 0.254 e. The molecular formula is C8H5BrClN3. The average molecular weight is 259 g/mol. The third kappa shape index (κ3) is 1.51. The van der Waals surface area contributed by atoms with Gasteiger partial charge in [0, 0.05) is 10.6 Å². The van der Waals surface area contributed by atoms with Crippen LogP contribution < -0.4 is 0 Å². The van der Waals surface area contributed by atoms with Gasteiger partial charge in [0.2, 0.25) is 0 Å². The Kier molecular flexibility index (Phi) is 2.17. The van der Waals surface area contributed by atoms with E-state index in [1.807, 2.05) is 18.2 Å². The molecule has 2 rings (SSSR count). The maximum Gasteiger partial charge on any atom is 0.254 e. The molecule has 66 valence electrons. The Balaban J connectivity index is 2.52. The topological polar surface area (TPSA) is 37.1 Å². The molecule has 5 heteroatoms. The van der Waals surface area contributed by atoms with Crippen molar-refractivity contribution in [3.05, 3.63) is 34.9 Å². The highest BCUT2D eigenvalue weighted by Gasteiger charge is 2.31. The lowest BCUT2D eigenvalue weighted by Crippen LogP contribution is -2.08. The first-order valence-electron chi connectivity index (χ1n) is 3.62. The molecule has 1 atom stereocenters. The van der Waals surface area contributed by atoms with Crippen LogP contribution in [0, 0.1) is 0 Å². The van der Waals surface area contributed by atoms with E-state index in [1.54, 1.807) is 6.07 Å². The van der Waals surface area contributed by atoms with Crippen LogP contribution in [0.3, 0.4) is 0 Å². The number of aliphatic imine (C=N–C) groups is 1. The quantitative estimate of drug-likeness (QED) is 0.547. The Bertz CT molecular complexity index is 377. The van der Waals surface area contributed by atoms with E-state index >= 15 is 0 Å². The summed E-state index contributed by atoms with van der Waals surface area (Å²) >= 11 is 9.35. The monoisotopic (exact) mass is 257 g/mol. The first-order valence-corrected chi connectivity index (χ1v) is 4.79. The van der Waals surface area contributed by atoms with E-state index in [0.29, 0.717) is 5.02 Å². The van der Waals surface area contributed by atoms with Gasteiger partial charge in [-0.05, 0) is 22.0 Å². The molecule has 0 bridgehead atoms. The predicted octanol–water partition coefficient (Wildman–Crippen LogP) is 3.34. The van der Waals surface area contributed by atoms with Crippen molar-refractivity contribution in [1.82, 2.24) is 0 Å². The molecular weight excluding hydrogens is 253 g/mol. The van der Waals surface area contributed by atoms with Crippen LogP contribution >= 0.6 is 27.5 Å². The second-order valence-corrected chi connectivity index (χ2v) is 4.04. The maximum atomic E-state index is 5.99. The summed E-state index contributed by atoms with van der Waals surface area (Å²) in [6.45, 7) is 0. The summed E-state index contributed by atoms with van der Waals surface area (Å²) in [5.41, 5.74) is 0.800. The summed E-state index contributed by atoms with van der Waals surface area (Å²) in [4.78, 5) is 4.07. The van der Waals surface area contributed by atoms with Crippen LogP contribution in [0.25, 0.3) is 0 Å². The lowest BCUT2D eigenvalue weighted by atomic mass is 10.2. The molecule has 1 aromatic carbocycles. The van der Waals surface area contributed by atoms with Crippen molar-refractivity contribution in [3.63, 3.8) is 0 Å². The SMILES string of the molecule is Clc1ccccc1C1(Br)N=CN=N1.